The topological polar surface area (TPSA) is 43.1 Å². The van der Waals surface area contributed by atoms with Crippen molar-refractivity contribution in [2.24, 2.45) is 5.73 Å². The molecular weight excluding hydrogens is 150 g/mol. The first kappa shape index (κ1) is 9.04. The number of carbonyl (C=O) groups is 1. The minimum absolute atomic E-state index is 0.203. The summed E-state index contributed by atoms with van der Waals surface area (Å²) < 4.78 is 0. The van der Waals surface area contributed by atoms with Crippen molar-refractivity contribution in [3.05, 3.63) is 22.9 Å². The molecule has 0 aromatic carbocycles. The lowest BCUT2D eigenvalue weighted by Gasteiger charge is -2.16. The van der Waals surface area contributed by atoms with Crippen molar-refractivity contribution in [3.8, 4) is 0 Å². The molecule has 0 aromatic heterocycles. The van der Waals surface area contributed by atoms with Crippen LogP contribution < -0.4 is 5.73 Å². The van der Waals surface area contributed by atoms with Gasteiger partial charge < -0.3 is 5.73 Å². The number of Topliss-reactive ketones (excluding diaryl/α,β-unsaturated/α-hetero) is 1. The van der Waals surface area contributed by atoms with Crippen LogP contribution in [0.25, 0.3) is 0 Å². The van der Waals surface area contributed by atoms with Gasteiger partial charge in [0, 0.05) is 17.7 Å². The maximum atomic E-state index is 11.4. The molecule has 0 saturated heterocycles. The molecule has 0 spiro atoms. The normalized spacial score (nSPS) is 20.2. The van der Waals surface area contributed by atoms with Crippen LogP contribution in [0.1, 0.15) is 33.1 Å². The van der Waals surface area contributed by atoms with E-state index in [1.807, 2.05) is 19.9 Å². The number of hydrogen-bond acceptors (Lipinski definition) is 2. The fraction of sp³-hybridized carbons (Fsp3) is 0.500. The zero-order valence-corrected chi connectivity index (χ0v) is 7.68. The fourth-order valence-electron chi connectivity index (χ4n) is 1.49. The van der Waals surface area contributed by atoms with Crippen LogP contribution in [0.5, 0.6) is 0 Å². The molecule has 1 aliphatic rings. The zero-order valence-electron chi connectivity index (χ0n) is 7.68. The number of rotatable bonds is 1. The van der Waals surface area contributed by atoms with Gasteiger partial charge in [-0.1, -0.05) is 6.08 Å². The van der Waals surface area contributed by atoms with Crippen LogP contribution in [0.3, 0.4) is 0 Å². The van der Waals surface area contributed by atoms with Crippen molar-refractivity contribution in [2.45, 2.75) is 33.1 Å². The summed E-state index contributed by atoms with van der Waals surface area (Å²) in [7, 11) is 0. The van der Waals surface area contributed by atoms with E-state index in [1.54, 1.807) is 0 Å². The molecule has 0 bridgehead atoms. The number of allylic oxidation sites excluding steroid dienone is 4. The van der Waals surface area contributed by atoms with Crippen molar-refractivity contribution in [3.63, 3.8) is 0 Å². The van der Waals surface area contributed by atoms with Crippen LogP contribution in [0.15, 0.2) is 22.9 Å². The smallest absolute Gasteiger partial charge is 0.164 e. The summed E-state index contributed by atoms with van der Waals surface area (Å²) in [5, 5.41) is 0. The maximum absolute atomic E-state index is 11.4. The monoisotopic (exact) mass is 165 g/mol. The Kier molecular flexibility index (Phi) is 2.69. The van der Waals surface area contributed by atoms with E-state index in [9.17, 15) is 4.79 Å². The summed E-state index contributed by atoms with van der Waals surface area (Å²) in [6.45, 7) is 3.86. The van der Waals surface area contributed by atoms with E-state index in [0.29, 0.717) is 6.42 Å². The van der Waals surface area contributed by atoms with Crippen LogP contribution in [0.4, 0.5) is 0 Å². The minimum atomic E-state index is 0.203. The summed E-state index contributed by atoms with van der Waals surface area (Å²) in [6.07, 6.45) is 4.37. The molecule has 0 radical (unpaired) electrons. The van der Waals surface area contributed by atoms with Crippen LogP contribution in [-0.4, -0.2) is 5.78 Å². The Labute approximate surface area is 73.1 Å². The molecule has 2 N–H and O–H groups in total. The van der Waals surface area contributed by atoms with Gasteiger partial charge in [-0.25, -0.2) is 0 Å². The molecule has 0 amide bonds. The van der Waals surface area contributed by atoms with E-state index < -0.39 is 0 Å². The molecule has 0 atom stereocenters. The van der Waals surface area contributed by atoms with Crippen molar-refractivity contribution < 1.29 is 4.79 Å². The molecular formula is C10H15NO. The van der Waals surface area contributed by atoms with Gasteiger partial charge in [0.15, 0.2) is 5.78 Å². The lowest BCUT2D eigenvalue weighted by Crippen LogP contribution is -2.17. The van der Waals surface area contributed by atoms with E-state index in [4.69, 9.17) is 5.73 Å². The van der Waals surface area contributed by atoms with Gasteiger partial charge in [-0.15, -0.1) is 0 Å². The second kappa shape index (κ2) is 3.57. The highest BCUT2D eigenvalue weighted by Crippen LogP contribution is 2.23. The van der Waals surface area contributed by atoms with E-state index in [-0.39, 0.29) is 5.78 Å². The molecule has 66 valence electrons. The third kappa shape index (κ3) is 1.58. The van der Waals surface area contributed by atoms with Gasteiger partial charge in [-0.2, -0.15) is 0 Å². The quantitative estimate of drug-likeness (QED) is 0.645. The van der Waals surface area contributed by atoms with Gasteiger partial charge in [0.1, 0.15) is 0 Å². The molecule has 0 heterocycles. The first-order chi connectivity index (χ1) is 5.66. The Morgan fingerprint density at radius 1 is 1.50 bits per heavy atom. The van der Waals surface area contributed by atoms with Gasteiger partial charge >= 0.3 is 0 Å². The van der Waals surface area contributed by atoms with Gasteiger partial charge in [0.05, 0.1) is 0 Å². The summed E-state index contributed by atoms with van der Waals surface area (Å²) in [4.78, 5) is 11.4. The molecule has 12 heavy (non-hydrogen) atoms. The highest BCUT2D eigenvalue weighted by atomic mass is 16.1. The summed E-state index contributed by atoms with van der Waals surface area (Å²) >= 11 is 0. The number of nitrogens with two attached hydrogens (primary N) is 1. The average molecular weight is 165 g/mol. The Bertz CT molecular complexity index is 261. The standard InChI is InChI=1S/C10H15NO/c1-3-7(2)10-8(11)5-4-6-9(10)12/h3H,4-6,11H2,1-2H3/b7-3-. The summed E-state index contributed by atoms with van der Waals surface area (Å²) in [5.41, 5.74) is 8.31. The third-order valence-electron chi connectivity index (χ3n) is 2.28. The molecule has 0 aromatic rings. The van der Waals surface area contributed by atoms with Crippen LogP contribution in [0, 0.1) is 0 Å². The van der Waals surface area contributed by atoms with Crippen LogP contribution >= 0.6 is 0 Å². The second-order valence-electron chi connectivity index (χ2n) is 3.15. The van der Waals surface area contributed by atoms with E-state index in [0.717, 1.165) is 29.7 Å². The van der Waals surface area contributed by atoms with Crippen molar-refractivity contribution in [2.75, 3.05) is 0 Å². The Morgan fingerprint density at radius 3 is 2.67 bits per heavy atom. The third-order valence-corrected chi connectivity index (χ3v) is 2.28. The van der Waals surface area contributed by atoms with Crippen molar-refractivity contribution >= 4 is 5.78 Å². The molecule has 1 aliphatic carbocycles. The Balaban J connectivity index is 3.04. The number of hydrogen-bond donors (Lipinski definition) is 1. The summed E-state index contributed by atoms with van der Waals surface area (Å²) in [5.74, 6) is 0.203. The molecule has 0 unspecified atom stereocenters. The van der Waals surface area contributed by atoms with Gasteiger partial charge in [0.25, 0.3) is 0 Å². The Morgan fingerprint density at radius 2 is 2.17 bits per heavy atom. The number of ketones is 1. The predicted octanol–water partition coefficient (Wildman–Crippen LogP) is 1.92. The molecule has 0 saturated carbocycles. The van der Waals surface area contributed by atoms with Gasteiger partial charge in [-0.05, 0) is 32.3 Å². The van der Waals surface area contributed by atoms with Crippen LogP contribution in [0.2, 0.25) is 0 Å². The molecule has 1 rings (SSSR count). The zero-order chi connectivity index (χ0) is 9.14. The van der Waals surface area contributed by atoms with Crippen molar-refractivity contribution in [1.82, 2.24) is 0 Å². The highest BCUT2D eigenvalue weighted by molar-refractivity contribution is 6.00. The van der Waals surface area contributed by atoms with E-state index >= 15 is 0 Å². The van der Waals surface area contributed by atoms with Gasteiger partial charge in [0.2, 0.25) is 0 Å². The van der Waals surface area contributed by atoms with Crippen LogP contribution in [-0.2, 0) is 4.79 Å². The Hall–Kier alpha value is -1.05. The first-order valence-electron chi connectivity index (χ1n) is 4.32. The molecule has 0 fully saturated rings. The fourth-order valence-corrected chi connectivity index (χ4v) is 1.49. The average Bonchev–Trinajstić information content (AvgIpc) is 2.03. The van der Waals surface area contributed by atoms with Gasteiger partial charge in [-0.3, -0.25) is 4.79 Å². The SMILES string of the molecule is C/C=C(/C)C1=C(N)CCCC1=O. The minimum Gasteiger partial charge on any atom is -0.401 e. The first-order valence-corrected chi connectivity index (χ1v) is 4.32. The van der Waals surface area contributed by atoms with E-state index in [2.05, 4.69) is 0 Å². The molecule has 0 aliphatic heterocycles. The lowest BCUT2D eigenvalue weighted by molar-refractivity contribution is -0.115. The predicted molar refractivity (Wildman–Crippen MR) is 49.5 cm³/mol. The maximum Gasteiger partial charge on any atom is 0.164 e. The largest absolute Gasteiger partial charge is 0.401 e. The van der Waals surface area contributed by atoms with E-state index in [1.165, 1.54) is 0 Å². The molecule has 2 heteroatoms. The molecule has 2 nitrogen and oxygen atoms in total. The highest BCUT2D eigenvalue weighted by Gasteiger charge is 2.18. The lowest BCUT2D eigenvalue weighted by atomic mass is 9.90. The summed E-state index contributed by atoms with van der Waals surface area (Å²) in [6, 6.07) is 0. The second-order valence-corrected chi connectivity index (χ2v) is 3.15. The van der Waals surface area contributed by atoms with Crippen molar-refractivity contribution in [1.29, 1.82) is 0 Å². The number of carbonyl (C=O) groups excluding carboxylic acids is 1.